The van der Waals surface area contributed by atoms with Gasteiger partial charge < -0.3 is 10.2 Å². The third-order valence-electron chi connectivity index (χ3n) is 4.13. The van der Waals surface area contributed by atoms with Crippen LogP contribution in [0, 0.1) is 0 Å². The minimum atomic E-state index is -3.32. The van der Waals surface area contributed by atoms with E-state index in [4.69, 9.17) is 11.6 Å². The van der Waals surface area contributed by atoms with E-state index in [-0.39, 0.29) is 35.8 Å². The lowest BCUT2D eigenvalue weighted by molar-refractivity contribution is 0.476. The van der Waals surface area contributed by atoms with Crippen LogP contribution in [0.1, 0.15) is 30.5 Å². The van der Waals surface area contributed by atoms with Crippen LogP contribution in [0.25, 0.3) is 0 Å². The Balaban J connectivity index is 0.00000450. The van der Waals surface area contributed by atoms with Crippen molar-refractivity contribution in [1.82, 2.24) is 14.9 Å². The van der Waals surface area contributed by atoms with E-state index in [0.29, 0.717) is 18.1 Å². The normalized spacial score (nSPS) is 11.9. The highest BCUT2D eigenvalue weighted by Crippen LogP contribution is 2.12. The fraction of sp³-hybridized carbons (Fsp3) is 0.381. The van der Waals surface area contributed by atoms with Crippen LogP contribution in [-0.4, -0.2) is 39.4 Å². The molecule has 0 bridgehead atoms. The van der Waals surface area contributed by atoms with Crippen molar-refractivity contribution in [1.29, 1.82) is 0 Å². The summed E-state index contributed by atoms with van der Waals surface area (Å²) in [6.07, 6.45) is 0. The number of aliphatic imine (C=N–C) groups is 1. The first-order valence-corrected chi connectivity index (χ1v) is 11.5. The molecule has 0 saturated heterocycles. The Kier molecular flexibility index (Phi) is 11.1. The standard InChI is InChI=1S/C21H29ClN4O2S.HI/c1-16(2)25-29(27,28)15-18-10-8-17(9-11-18)13-24-21(23-3)26(4)14-19-6-5-7-20(22)12-19;/h5-12,16,25H,13-15H2,1-4H3,(H,23,24);1H. The monoisotopic (exact) mass is 564 g/mol. The first-order chi connectivity index (χ1) is 13.7. The number of hydrogen-bond donors (Lipinski definition) is 2. The fourth-order valence-electron chi connectivity index (χ4n) is 2.92. The van der Waals surface area contributed by atoms with Crippen LogP contribution in [0.5, 0.6) is 0 Å². The van der Waals surface area contributed by atoms with Gasteiger partial charge in [-0.05, 0) is 42.7 Å². The highest BCUT2D eigenvalue weighted by molar-refractivity contribution is 14.0. The molecule has 166 valence electrons. The lowest BCUT2D eigenvalue weighted by Gasteiger charge is -2.22. The first-order valence-electron chi connectivity index (χ1n) is 9.42. The zero-order valence-electron chi connectivity index (χ0n) is 17.7. The molecule has 0 unspecified atom stereocenters. The second-order valence-electron chi connectivity index (χ2n) is 7.23. The lowest BCUT2D eigenvalue weighted by Crippen LogP contribution is -2.38. The molecule has 0 atom stereocenters. The smallest absolute Gasteiger partial charge is 0.216 e. The second-order valence-corrected chi connectivity index (χ2v) is 9.43. The summed E-state index contributed by atoms with van der Waals surface area (Å²) in [7, 11) is 0.385. The number of sulfonamides is 1. The van der Waals surface area contributed by atoms with E-state index >= 15 is 0 Å². The van der Waals surface area contributed by atoms with Gasteiger partial charge in [0, 0.05) is 38.2 Å². The average molecular weight is 565 g/mol. The van der Waals surface area contributed by atoms with Crippen LogP contribution in [-0.2, 0) is 28.9 Å². The summed E-state index contributed by atoms with van der Waals surface area (Å²) >= 11 is 6.05. The third-order valence-corrected chi connectivity index (χ3v) is 5.91. The minimum absolute atomic E-state index is 0. The summed E-state index contributed by atoms with van der Waals surface area (Å²) in [4.78, 5) is 6.34. The molecule has 2 aromatic rings. The Hall–Kier alpha value is -1.36. The summed E-state index contributed by atoms with van der Waals surface area (Å²) in [6, 6.07) is 15.2. The van der Waals surface area contributed by atoms with Crippen LogP contribution in [0.2, 0.25) is 5.02 Å². The van der Waals surface area contributed by atoms with E-state index in [9.17, 15) is 8.42 Å². The Labute approximate surface area is 202 Å². The zero-order valence-corrected chi connectivity index (χ0v) is 21.6. The van der Waals surface area contributed by atoms with E-state index in [1.165, 1.54) is 0 Å². The van der Waals surface area contributed by atoms with Gasteiger partial charge in [0.15, 0.2) is 5.96 Å². The average Bonchev–Trinajstić information content (AvgIpc) is 2.62. The number of hydrogen-bond acceptors (Lipinski definition) is 3. The van der Waals surface area contributed by atoms with Crippen LogP contribution >= 0.6 is 35.6 Å². The molecular weight excluding hydrogens is 535 g/mol. The van der Waals surface area contributed by atoms with Crippen molar-refractivity contribution in [2.24, 2.45) is 4.99 Å². The molecular formula is C21H30ClIN4O2S. The summed E-state index contributed by atoms with van der Waals surface area (Å²) in [5, 5.41) is 4.04. The van der Waals surface area contributed by atoms with Gasteiger partial charge in [0.1, 0.15) is 0 Å². The lowest BCUT2D eigenvalue weighted by atomic mass is 10.1. The van der Waals surface area contributed by atoms with Crippen LogP contribution in [0.4, 0.5) is 0 Å². The molecule has 0 amide bonds. The predicted octanol–water partition coefficient (Wildman–Crippen LogP) is 3.99. The molecule has 6 nitrogen and oxygen atoms in total. The van der Waals surface area contributed by atoms with Gasteiger partial charge in [0.2, 0.25) is 10.0 Å². The van der Waals surface area contributed by atoms with Crippen molar-refractivity contribution in [2.45, 2.75) is 38.7 Å². The quantitative estimate of drug-likeness (QED) is 0.289. The summed E-state index contributed by atoms with van der Waals surface area (Å²) in [6.45, 7) is 4.88. The van der Waals surface area contributed by atoms with Gasteiger partial charge in [0.25, 0.3) is 0 Å². The Bertz CT molecular complexity index is 934. The summed E-state index contributed by atoms with van der Waals surface area (Å²) < 4.78 is 26.7. The molecule has 0 aromatic heterocycles. The highest BCUT2D eigenvalue weighted by atomic mass is 127. The zero-order chi connectivity index (χ0) is 21.4. The molecule has 30 heavy (non-hydrogen) atoms. The molecule has 2 aromatic carbocycles. The Morgan fingerprint density at radius 3 is 2.30 bits per heavy atom. The molecule has 0 heterocycles. The SMILES string of the molecule is CN=C(NCc1ccc(CS(=O)(=O)NC(C)C)cc1)N(C)Cc1cccc(Cl)c1.I. The Morgan fingerprint density at radius 1 is 1.10 bits per heavy atom. The van der Waals surface area contributed by atoms with E-state index in [1.54, 1.807) is 7.05 Å². The van der Waals surface area contributed by atoms with Gasteiger partial charge in [-0.25, -0.2) is 13.1 Å². The van der Waals surface area contributed by atoms with E-state index in [0.717, 1.165) is 22.6 Å². The van der Waals surface area contributed by atoms with Crippen molar-refractivity contribution < 1.29 is 8.42 Å². The van der Waals surface area contributed by atoms with Crippen molar-refractivity contribution in [3.8, 4) is 0 Å². The molecule has 2 rings (SSSR count). The number of guanidine groups is 1. The highest BCUT2D eigenvalue weighted by Gasteiger charge is 2.13. The molecule has 0 aliphatic rings. The molecule has 0 fully saturated rings. The Morgan fingerprint density at radius 2 is 1.73 bits per heavy atom. The molecule has 9 heteroatoms. The number of rotatable bonds is 8. The first kappa shape index (κ1) is 26.7. The van der Waals surface area contributed by atoms with E-state index < -0.39 is 10.0 Å². The van der Waals surface area contributed by atoms with Crippen LogP contribution < -0.4 is 10.0 Å². The molecule has 2 N–H and O–H groups in total. The predicted molar refractivity (Wildman–Crippen MR) is 136 cm³/mol. The maximum absolute atomic E-state index is 12.0. The second kappa shape index (κ2) is 12.5. The van der Waals surface area contributed by atoms with Gasteiger partial charge in [-0.2, -0.15) is 0 Å². The number of nitrogens with one attached hydrogen (secondary N) is 2. The third kappa shape index (κ3) is 9.20. The number of nitrogens with zero attached hydrogens (tertiary/aromatic N) is 2. The van der Waals surface area contributed by atoms with Crippen molar-refractivity contribution in [3.05, 3.63) is 70.2 Å². The number of benzene rings is 2. The largest absolute Gasteiger partial charge is 0.352 e. The molecule has 0 saturated carbocycles. The van der Waals surface area contributed by atoms with Gasteiger partial charge >= 0.3 is 0 Å². The topological polar surface area (TPSA) is 73.8 Å². The van der Waals surface area contributed by atoms with E-state index in [1.807, 2.05) is 74.3 Å². The van der Waals surface area contributed by atoms with Gasteiger partial charge in [-0.3, -0.25) is 4.99 Å². The molecule has 0 radical (unpaired) electrons. The van der Waals surface area contributed by atoms with Crippen LogP contribution in [0.3, 0.4) is 0 Å². The molecule has 0 spiro atoms. The maximum atomic E-state index is 12.0. The van der Waals surface area contributed by atoms with E-state index in [2.05, 4.69) is 15.0 Å². The van der Waals surface area contributed by atoms with Crippen molar-refractivity contribution in [3.63, 3.8) is 0 Å². The fourth-order valence-corrected chi connectivity index (χ4v) is 4.57. The van der Waals surface area contributed by atoms with Crippen molar-refractivity contribution in [2.75, 3.05) is 14.1 Å². The van der Waals surface area contributed by atoms with Gasteiger partial charge in [-0.1, -0.05) is 48.0 Å². The maximum Gasteiger partial charge on any atom is 0.216 e. The van der Waals surface area contributed by atoms with Crippen molar-refractivity contribution >= 4 is 51.6 Å². The molecule has 0 aliphatic heterocycles. The molecule has 0 aliphatic carbocycles. The van der Waals surface area contributed by atoms with Gasteiger partial charge in [-0.15, -0.1) is 24.0 Å². The summed E-state index contributed by atoms with van der Waals surface area (Å²) in [5.74, 6) is 0.737. The van der Waals surface area contributed by atoms with Gasteiger partial charge in [0.05, 0.1) is 5.75 Å². The van der Waals surface area contributed by atoms with Crippen LogP contribution in [0.15, 0.2) is 53.5 Å². The number of halogens is 2. The summed E-state index contributed by atoms with van der Waals surface area (Å²) in [5.41, 5.74) is 2.90. The minimum Gasteiger partial charge on any atom is -0.352 e.